The molecule has 4 nitrogen and oxygen atoms in total. The van der Waals surface area contributed by atoms with Crippen LogP contribution in [0, 0.1) is 5.92 Å². The molecule has 0 aromatic heterocycles. The van der Waals surface area contributed by atoms with Gasteiger partial charge < -0.3 is 15.2 Å². The molecule has 2 N–H and O–H groups in total. The van der Waals surface area contributed by atoms with E-state index < -0.39 is 0 Å². The molecule has 0 aromatic carbocycles. The largest absolute Gasteiger partial charge is 0.383 e. The lowest BCUT2D eigenvalue weighted by Crippen LogP contribution is -2.63. The average molecular weight is 284 g/mol. The average Bonchev–Trinajstić information content (AvgIpc) is 3.22. The highest BCUT2D eigenvalue weighted by Gasteiger charge is 2.46. The number of hydrogen-bond donors (Lipinski definition) is 1. The molecule has 0 aromatic rings. The monoisotopic (exact) mass is 284 g/mol. The second kappa shape index (κ2) is 6.73. The van der Waals surface area contributed by atoms with Crippen LogP contribution in [0.3, 0.4) is 0 Å². The van der Waals surface area contributed by atoms with E-state index in [9.17, 15) is 0 Å². The van der Waals surface area contributed by atoms with Crippen molar-refractivity contribution in [2.45, 2.75) is 70.2 Å². The zero-order valence-corrected chi connectivity index (χ0v) is 13.6. The van der Waals surface area contributed by atoms with Gasteiger partial charge in [0.25, 0.3) is 0 Å². The Kier molecular flexibility index (Phi) is 5.46. The molecule has 2 aliphatic rings. The first-order valence-electron chi connectivity index (χ1n) is 8.13. The Morgan fingerprint density at radius 3 is 2.35 bits per heavy atom. The van der Waals surface area contributed by atoms with Crippen molar-refractivity contribution in [3.8, 4) is 0 Å². The lowest BCUT2D eigenvalue weighted by molar-refractivity contribution is -0.116. The van der Waals surface area contributed by atoms with Crippen LogP contribution >= 0.6 is 0 Å². The summed E-state index contributed by atoms with van der Waals surface area (Å²) in [6.07, 6.45) is 5.39. The third-order valence-corrected chi connectivity index (χ3v) is 5.12. The van der Waals surface area contributed by atoms with E-state index in [1.54, 1.807) is 7.11 Å². The van der Waals surface area contributed by atoms with Gasteiger partial charge in [0.2, 0.25) is 0 Å². The minimum absolute atomic E-state index is 0.0810. The number of hydrogen-bond acceptors (Lipinski definition) is 4. The van der Waals surface area contributed by atoms with Crippen molar-refractivity contribution in [2.75, 3.05) is 26.8 Å². The summed E-state index contributed by atoms with van der Waals surface area (Å²) in [5.74, 6) is 0.851. The minimum Gasteiger partial charge on any atom is -0.383 e. The van der Waals surface area contributed by atoms with Crippen LogP contribution in [0.2, 0.25) is 0 Å². The quantitative estimate of drug-likeness (QED) is 0.777. The Morgan fingerprint density at radius 1 is 1.30 bits per heavy atom. The smallest absolute Gasteiger partial charge is 0.0590 e. The molecule has 1 saturated carbocycles. The van der Waals surface area contributed by atoms with E-state index in [1.807, 2.05) is 0 Å². The molecule has 2 rings (SSSR count). The predicted molar refractivity (Wildman–Crippen MR) is 81.8 cm³/mol. The van der Waals surface area contributed by atoms with Crippen molar-refractivity contribution in [2.24, 2.45) is 11.7 Å². The first-order valence-corrected chi connectivity index (χ1v) is 8.13. The normalized spacial score (nSPS) is 36.3. The molecule has 1 aliphatic carbocycles. The fourth-order valence-electron chi connectivity index (χ4n) is 4.06. The number of ether oxygens (including phenoxy) is 2. The van der Waals surface area contributed by atoms with Gasteiger partial charge in [-0.25, -0.2) is 0 Å². The first-order chi connectivity index (χ1) is 9.52. The van der Waals surface area contributed by atoms with Gasteiger partial charge in [0.1, 0.15) is 0 Å². The van der Waals surface area contributed by atoms with Gasteiger partial charge in [0.05, 0.1) is 18.8 Å². The zero-order valence-electron chi connectivity index (χ0n) is 13.6. The lowest BCUT2D eigenvalue weighted by atomic mass is 9.81. The Balaban J connectivity index is 2.17. The highest BCUT2D eigenvalue weighted by Crippen LogP contribution is 2.41. The van der Waals surface area contributed by atoms with Crippen molar-refractivity contribution >= 4 is 0 Å². The highest BCUT2D eigenvalue weighted by molar-refractivity contribution is 5.01. The lowest BCUT2D eigenvalue weighted by Gasteiger charge is -2.52. The Hall–Kier alpha value is -0.160. The fraction of sp³-hybridized carbons (Fsp3) is 1.00. The fourth-order valence-corrected chi connectivity index (χ4v) is 4.06. The summed E-state index contributed by atoms with van der Waals surface area (Å²) in [5.41, 5.74) is 6.34. The van der Waals surface area contributed by atoms with Gasteiger partial charge >= 0.3 is 0 Å². The SMILES string of the molecule is COCCN(C(C)C1CC1)C1(CN)CC(C)OC(C)C1. The van der Waals surface area contributed by atoms with Crippen LogP contribution in [0.15, 0.2) is 0 Å². The van der Waals surface area contributed by atoms with Crippen LogP contribution < -0.4 is 5.73 Å². The molecule has 0 radical (unpaired) electrons. The van der Waals surface area contributed by atoms with Crippen molar-refractivity contribution < 1.29 is 9.47 Å². The summed E-state index contributed by atoms with van der Waals surface area (Å²) in [6.45, 7) is 9.20. The summed E-state index contributed by atoms with van der Waals surface area (Å²) >= 11 is 0. The summed E-state index contributed by atoms with van der Waals surface area (Å²) in [6, 6.07) is 0.603. The number of rotatable bonds is 7. The maximum Gasteiger partial charge on any atom is 0.0590 e. The molecule has 3 unspecified atom stereocenters. The van der Waals surface area contributed by atoms with E-state index in [2.05, 4.69) is 25.7 Å². The Labute approximate surface area is 124 Å². The maximum atomic E-state index is 6.26. The van der Waals surface area contributed by atoms with Crippen molar-refractivity contribution in [3.05, 3.63) is 0 Å². The molecular weight excluding hydrogens is 252 g/mol. The molecule has 0 amide bonds. The summed E-state index contributed by atoms with van der Waals surface area (Å²) in [5, 5.41) is 0. The van der Waals surface area contributed by atoms with Crippen LogP contribution in [0.25, 0.3) is 0 Å². The maximum absolute atomic E-state index is 6.26. The molecule has 2 fully saturated rings. The Morgan fingerprint density at radius 2 is 1.90 bits per heavy atom. The Bertz CT molecular complexity index is 297. The topological polar surface area (TPSA) is 47.7 Å². The van der Waals surface area contributed by atoms with Gasteiger partial charge in [-0.05, 0) is 52.4 Å². The van der Waals surface area contributed by atoms with Gasteiger partial charge in [-0.3, -0.25) is 4.90 Å². The molecule has 1 aliphatic heterocycles. The molecule has 0 bridgehead atoms. The van der Waals surface area contributed by atoms with Crippen LogP contribution in [0.1, 0.15) is 46.5 Å². The van der Waals surface area contributed by atoms with Gasteiger partial charge in [0.15, 0.2) is 0 Å². The second-order valence-corrected chi connectivity index (χ2v) is 6.86. The van der Waals surface area contributed by atoms with Crippen LogP contribution in [0.4, 0.5) is 0 Å². The van der Waals surface area contributed by atoms with E-state index in [4.69, 9.17) is 15.2 Å². The summed E-state index contributed by atoms with van der Waals surface area (Å²) < 4.78 is 11.3. The van der Waals surface area contributed by atoms with Crippen LogP contribution in [-0.2, 0) is 9.47 Å². The third-order valence-electron chi connectivity index (χ3n) is 5.12. The van der Waals surface area contributed by atoms with Crippen molar-refractivity contribution in [1.29, 1.82) is 0 Å². The first kappa shape index (κ1) is 16.2. The van der Waals surface area contributed by atoms with E-state index >= 15 is 0 Å². The molecule has 4 heteroatoms. The summed E-state index contributed by atoms with van der Waals surface area (Å²) in [4.78, 5) is 2.64. The predicted octanol–water partition coefficient (Wildman–Crippen LogP) is 2.02. The van der Waals surface area contributed by atoms with Crippen LogP contribution in [0.5, 0.6) is 0 Å². The summed E-state index contributed by atoms with van der Waals surface area (Å²) in [7, 11) is 1.78. The molecule has 3 atom stereocenters. The van der Waals surface area contributed by atoms with Gasteiger partial charge in [-0.15, -0.1) is 0 Å². The number of methoxy groups -OCH3 is 1. The van der Waals surface area contributed by atoms with Crippen molar-refractivity contribution in [1.82, 2.24) is 4.90 Å². The third kappa shape index (κ3) is 3.53. The molecule has 1 saturated heterocycles. The number of nitrogens with two attached hydrogens (primary N) is 1. The molecule has 0 spiro atoms. The van der Waals surface area contributed by atoms with E-state index in [-0.39, 0.29) is 5.54 Å². The van der Waals surface area contributed by atoms with Gasteiger partial charge in [0, 0.05) is 31.8 Å². The standard InChI is InChI=1S/C16H32N2O2/c1-12-9-16(11-17,10-13(2)20-12)18(7-8-19-4)14(3)15-5-6-15/h12-15H,5-11,17H2,1-4H3. The van der Waals surface area contributed by atoms with E-state index in [0.29, 0.717) is 24.8 Å². The van der Waals surface area contributed by atoms with Crippen molar-refractivity contribution in [3.63, 3.8) is 0 Å². The van der Waals surface area contributed by atoms with Crippen LogP contribution in [-0.4, -0.2) is 55.5 Å². The molecule has 1 heterocycles. The van der Waals surface area contributed by atoms with Gasteiger partial charge in [-0.2, -0.15) is 0 Å². The zero-order chi connectivity index (χ0) is 14.8. The second-order valence-electron chi connectivity index (χ2n) is 6.86. The molecule has 118 valence electrons. The highest BCUT2D eigenvalue weighted by atomic mass is 16.5. The minimum atomic E-state index is 0.0810. The van der Waals surface area contributed by atoms with E-state index in [0.717, 1.165) is 31.9 Å². The van der Waals surface area contributed by atoms with Gasteiger partial charge in [-0.1, -0.05) is 0 Å². The number of nitrogens with zero attached hydrogens (tertiary/aromatic N) is 1. The molecular formula is C16H32N2O2. The molecule has 20 heavy (non-hydrogen) atoms. The van der Waals surface area contributed by atoms with E-state index in [1.165, 1.54) is 12.8 Å².